The van der Waals surface area contributed by atoms with E-state index in [-0.39, 0.29) is 0 Å². The van der Waals surface area contributed by atoms with Gasteiger partial charge in [0.2, 0.25) is 0 Å². The molecule has 0 unspecified atom stereocenters. The van der Waals surface area contributed by atoms with Gasteiger partial charge in [0.25, 0.3) is 0 Å². The molecule has 0 amide bonds. The van der Waals surface area contributed by atoms with Gasteiger partial charge < -0.3 is 15.7 Å². The molecular formula is C20H36N2O. The number of aromatic hydroxyl groups is 1. The van der Waals surface area contributed by atoms with Crippen LogP contribution in [0.1, 0.15) is 78.1 Å². The monoisotopic (exact) mass is 320 g/mol. The van der Waals surface area contributed by atoms with E-state index in [2.05, 4.69) is 24.5 Å². The molecule has 0 bridgehead atoms. The largest absolute Gasteiger partial charge is 0.506 e. The minimum absolute atomic E-state index is 0.342. The normalized spacial score (nSPS) is 10.7. The molecule has 1 aromatic carbocycles. The van der Waals surface area contributed by atoms with E-state index in [1.807, 2.05) is 12.1 Å². The second kappa shape index (κ2) is 13.1. The molecule has 23 heavy (non-hydrogen) atoms. The Hall–Kier alpha value is -1.38. The van der Waals surface area contributed by atoms with Gasteiger partial charge in [-0.25, -0.2) is 0 Å². The Kier molecular flexibility index (Phi) is 11.2. The Labute approximate surface area is 142 Å². The molecule has 0 saturated heterocycles. The molecule has 132 valence electrons. The summed E-state index contributed by atoms with van der Waals surface area (Å²) in [6.07, 6.45) is 12.7. The molecule has 0 aliphatic carbocycles. The highest BCUT2D eigenvalue weighted by atomic mass is 16.3. The number of benzene rings is 1. The van der Waals surface area contributed by atoms with Crippen molar-refractivity contribution in [2.45, 2.75) is 78.1 Å². The average Bonchev–Trinajstić information content (AvgIpc) is 2.56. The first-order valence-corrected chi connectivity index (χ1v) is 9.59. The van der Waals surface area contributed by atoms with Crippen LogP contribution >= 0.6 is 0 Å². The lowest BCUT2D eigenvalue weighted by Gasteiger charge is -2.15. The lowest BCUT2D eigenvalue weighted by atomic mass is 10.1. The number of rotatable bonds is 14. The third kappa shape index (κ3) is 8.73. The van der Waals surface area contributed by atoms with Gasteiger partial charge in [-0.1, -0.05) is 71.3 Å². The summed E-state index contributed by atoms with van der Waals surface area (Å²) in [6.45, 7) is 6.37. The third-order valence-corrected chi connectivity index (χ3v) is 4.22. The van der Waals surface area contributed by atoms with Gasteiger partial charge in [0.15, 0.2) is 0 Å². The van der Waals surface area contributed by atoms with E-state index >= 15 is 0 Å². The van der Waals surface area contributed by atoms with Crippen molar-refractivity contribution in [1.29, 1.82) is 0 Å². The maximum atomic E-state index is 10.1. The summed E-state index contributed by atoms with van der Waals surface area (Å²) in [4.78, 5) is 0. The zero-order valence-corrected chi connectivity index (χ0v) is 15.2. The van der Waals surface area contributed by atoms with Gasteiger partial charge in [-0.15, -0.1) is 0 Å². The number of para-hydroxylation sites is 1. The topological polar surface area (TPSA) is 44.3 Å². The van der Waals surface area contributed by atoms with Gasteiger partial charge in [-0.05, 0) is 25.0 Å². The van der Waals surface area contributed by atoms with E-state index in [1.165, 1.54) is 57.8 Å². The molecule has 0 aliphatic heterocycles. The van der Waals surface area contributed by atoms with Crippen LogP contribution in [0.5, 0.6) is 5.75 Å². The Morgan fingerprint density at radius 3 is 1.91 bits per heavy atom. The minimum Gasteiger partial charge on any atom is -0.506 e. The van der Waals surface area contributed by atoms with Gasteiger partial charge in [0, 0.05) is 13.1 Å². The van der Waals surface area contributed by atoms with Gasteiger partial charge in [-0.2, -0.15) is 0 Å². The zero-order valence-electron chi connectivity index (χ0n) is 15.2. The van der Waals surface area contributed by atoms with Crippen LogP contribution in [0.25, 0.3) is 0 Å². The molecule has 0 aromatic heterocycles. The standard InChI is InChI=1S/C20H36N2O/c1-3-5-7-9-11-16-21-18-14-13-15-19(23)20(18)22-17-12-10-8-6-4-2/h13-15,21-23H,3-12,16-17H2,1-2H3. The van der Waals surface area contributed by atoms with E-state index in [0.29, 0.717) is 5.75 Å². The van der Waals surface area contributed by atoms with Crippen molar-refractivity contribution in [2.75, 3.05) is 23.7 Å². The van der Waals surface area contributed by atoms with Crippen LogP contribution in [0.3, 0.4) is 0 Å². The van der Waals surface area contributed by atoms with E-state index in [9.17, 15) is 5.11 Å². The summed E-state index contributed by atoms with van der Waals surface area (Å²) in [6, 6.07) is 5.71. The molecule has 0 heterocycles. The van der Waals surface area contributed by atoms with Crippen LogP contribution < -0.4 is 10.6 Å². The maximum Gasteiger partial charge on any atom is 0.140 e. The predicted molar refractivity (Wildman–Crippen MR) is 103 cm³/mol. The first-order chi connectivity index (χ1) is 11.3. The third-order valence-electron chi connectivity index (χ3n) is 4.22. The van der Waals surface area contributed by atoms with E-state index < -0.39 is 0 Å². The molecule has 1 aromatic rings. The Morgan fingerprint density at radius 1 is 0.739 bits per heavy atom. The molecule has 0 saturated carbocycles. The fourth-order valence-electron chi connectivity index (χ4n) is 2.77. The van der Waals surface area contributed by atoms with Gasteiger partial charge in [-0.3, -0.25) is 0 Å². The van der Waals surface area contributed by atoms with E-state index in [1.54, 1.807) is 6.07 Å². The summed E-state index contributed by atoms with van der Waals surface area (Å²) in [5.41, 5.74) is 1.88. The molecule has 3 N–H and O–H groups in total. The van der Waals surface area contributed by atoms with Crippen LogP contribution in [-0.2, 0) is 0 Å². The lowest BCUT2D eigenvalue weighted by Crippen LogP contribution is -2.08. The minimum atomic E-state index is 0.342. The number of phenolic OH excluding ortho intramolecular Hbond substituents is 1. The van der Waals surface area contributed by atoms with Gasteiger partial charge in [0.1, 0.15) is 11.4 Å². The molecule has 0 aliphatic rings. The second-order valence-corrected chi connectivity index (χ2v) is 6.38. The molecule has 0 fully saturated rings. The lowest BCUT2D eigenvalue weighted by molar-refractivity contribution is 0.477. The number of phenols is 1. The number of hydrogen-bond acceptors (Lipinski definition) is 3. The molecule has 3 heteroatoms. The molecule has 0 radical (unpaired) electrons. The summed E-state index contributed by atoms with van der Waals surface area (Å²) in [7, 11) is 0. The maximum absolute atomic E-state index is 10.1. The number of unbranched alkanes of at least 4 members (excludes halogenated alkanes) is 8. The fourth-order valence-corrected chi connectivity index (χ4v) is 2.77. The van der Waals surface area contributed by atoms with Crippen LogP contribution in [0.15, 0.2) is 18.2 Å². The Balaban J connectivity index is 2.33. The summed E-state index contributed by atoms with van der Waals surface area (Å²) in [5, 5.41) is 17.0. The van der Waals surface area contributed by atoms with Gasteiger partial charge >= 0.3 is 0 Å². The first kappa shape index (κ1) is 19.7. The highest BCUT2D eigenvalue weighted by Crippen LogP contribution is 2.31. The molecule has 3 nitrogen and oxygen atoms in total. The van der Waals surface area contributed by atoms with Crippen molar-refractivity contribution >= 4 is 11.4 Å². The number of nitrogens with one attached hydrogen (secondary N) is 2. The Bertz CT molecular complexity index is 407. The fraction of sp³-hybridized carbons (Fsp3) is 0.700. The SMILES string of the molecule is CCCCCCCNc1cccc(O)c1NCCCCCCC. The first-order valence-electron chi connectivity index (χ1n) is 9.59. The highest BCUT2D eigenvalue weighted by molar-refractivity contribution is 5.75. The molecule has 0 atom stereocenters. The van der Waals surface area contributed by atoms with Crippen LogP contribution in [0, 0.1) is 0 Å². The van der Waals surface area contributed by atoms with Crippen LogP contribution in [0.2, 0.25) is 0 Å². The van der Waals surface area contributed by atoms with Crippen molar-refractivity contribution in [3.63, 3.8) is 0 Å². The van der Waals surface area contributed by atoms with Crippen molar-refractivity contribution < 1.29 is 5.11 Å². The smallest absolute Gasteiger partial charge is 0.140 e. The Morgan fingerprint density at radius 2 is 1.30 bits per heavy atom. The van der Waals surface area contributed by atoms with Crippen molar-refractivity contribution in [3.8, 4) is 5.75 Å². The van der Waals surface area contributed by atoms with E-state index in [0.717, 1.165) is 30.9 Å². The zero-order chi connectivity index (χ0) is 16.8. The van der Waals surface area contributed by atoms with Gasteiger partial charge in [0.05, 0.1) is 5.69 Å². The number of anilines is 2. The van der Waals surface area contributed by atoms with Crippen molar-refractivity contribution in [2.24, 2.45) is 0 Å². The highest BCUT2D eigenvalue weighted by Gasteiger charge is 2.06. The van der Waals surface area contributed by atoms with Crippen LogP contribution in [0.4, 0.5) is 11.4 Å². The second-order valence-electron chi connectivity index (χ2n) is 6.38. The predicted octanol–water partition coefficient (Wildman–Crippen LogP) is 6.16. The van der Waals surface area contributed by atoms with Crippen molar-refractivity contribution in [3.05, 3.63) is 18.2 Å². The molecule has 1 rings (SSSR count). The average molecular weight is 321 g/mol. The van der Waals surface area contributed by atoms with Crippen molar-refractivity contribution in [1.82, 2.24) is 0 Å². The molecule has 0 spiro atoms. The summed E-state index contributed by atoms with van der Waals surface area (Å²) >= 11 is 0. The quantitative estimate of drug-likeness (QED) is 0.284. The summed E-state index contributed by atoms with van der Waals surface area (Å²) < 4.78 is 0. The van der Waals surface area contributed by atoms with E-state index in [4.69, 9.17) is 0 Å². The number of hydrogen-bond donors (Lipinski definition) is 3. The molecular weight excluding hydrogens is 284 g/mol. The van der Waals surface area contributed by atoms with Crippen LogP contribution in [-0.4, -0.2) is 18.2 Å². The summed E-state index contributed by atoms with van der Waals surface area (Å²) in [5.74, 6) is 0.342.